The van der Waals surface area contributed by atoms with Gasteiger partial charge < -0.3 is 5.73 Å². The van der Waals surface area contributed by atoms with Crippen LogP contribution in [-0.4, -0.2) is 9.78 Å². The van der Waals surface area contributed by atoms with Gasteiger partial charge in [0.25, 0.3) is 0 Å². The van der Waals surface area contributed by atoms with E-state index in [1.807, 2.05) is 24.3 Å². The van der Waals surface area contributed by atoms with Gasteiger partial charge in [-0.15, -0.1) is 0 Å². The van der Waals surface area contributed by atoms with Crippen molar-refractivity contribution < 1.29 is 0 Å². The van der Waals surface area contributed by atoms with Gasteiger partial charge in [-0.3, -0.25) is 0 Å². The minimum Gasteiger partial charge on any atom is -0.396 e. The largest absolute Gasteiger partial charge is 0.396 e. The summed E-state index contributed by atoms with van der Waals surface area (Å²) in [7, 11) is 0. The second kappa shape index (κ2) is 3.11. The van der Waals surface area contributed by atoms with Crippen LogP contribution < -0.4 is 5.73 Å². The molecule has 0 aliphatic rings. The Morgan fingerprint density at radius 2 is 2.08 bits per heavy atom. The third-order valence-corrected chi connectivity index (χ3v) is 2.02. The highest BCUT2D eigenvalue weighted by Crippen LogP contribution is 2.19. The molecular weight excluding hydrogens is 186 g/mol. The van der Waals surface area contributed by atoms with E-state index in [1.165, 1.54) is 0 Å². The molecule has 4 heteroatoms. The molecule has 2 rings (SSSR count). The normalized spacial score (nSPS) is 10.2. The summed E-state index contributed by atoms with van der Waals surface area (Å²) in [6.07, 6.45) is 3.31. The molecule has 0 saturated heterocycles. The molecule has 1 aromatic heterocycles. The van der Waals surface area contributed by atoms with Crippen molar-refractivity contribution in [3.63, 3.8) is 0 Å². The number of nitrogens with two attached hydrogens (primary N) is 1. The van der Waals surface area contributed by atoms with Crippen molar-refractivity contribution in [1.82, 2.24) is 9.78 Å². The van der Waals surface area contributed by atoms with Crippen LogP contribution in [0.4, 0.5) is 5.69 Å². The molecule has 0 atom stereocenters. The van der Waals surface area contributed by atoms with E-state index in [1.54, 1.807) is 17.1 Å². The Kier molecular flexibility index (Phi) is 1.94. The van der Waals surface area contributed by atoms with Crippen LogP contribution in [0.1, 0.15) is 0 Å². The summed E-state index contributed by atoms with van der Waals surface area (Å²) in [6.45, 7) is 0. The smallest absolute Gasteiger partial charge is 0.0832 e. The van der Waals surface area contributed by atoms with Gasteiger partial charge in [0.1, 0.15) is 0 Å². The molecule has 0 fully saturated rings. The molecule has 0 aliphatic heterocycles. The maximum absolute atomic E-state index is 5.97. The minimum absolute atomic E-state index is 0.625. The Morgan fingerprint density at radius 3 is 2.69 bits per heavy atom. The van der Waals surface area contributed by atoms with Crippen LogP contribution in [-0.2, 0) is 0 Å². The van der Waals surface area contributed by atoms with Crippen LogP contribution in [0.3, 0.4) is 0 Å². The van der Waals surface area contributed by atoms with Gasteiger partial charge in [0.15, 0.2) is 0 Å². The molecule has 1 heterocycles. The number of nitrogens with zero attached hydrogens (tertiary/aromatic N) is 2. The lowest BCUT2D eigenvalue weighted by atomic mass is 10.3. The fraction of sp³-hybridized carbons (Fsp3) is 0. The summed E-state index contributed by atoms with van der Waals surface area (Å²) in [5.74, 6) is 0. The first-order valence-corrected chi connectivity index (χ1v) is 4.20. The molecule has 0 radical (unpaired) electrons. The number of benzene rings is 1. The molecule has 0 spiro atoms. The van der Waals surface area contributed by atoms with Gasteiger partial charge >= 0.3 is 0 Å². The van der Waals surface area contributed by atoms with E-state index >= 15 is 0 Å². The fourth-order valence-corrected chi connectivity index (χ4v) is 1.33. The van der Waals surface area contributed by atoms with Crippen LogP contribution in [0.15, 0.2) is 36.7 Å². The van der Waals surface area contributed by atoms with E-state index in [0.29, 0.717) is 10.7 Å². The van der Waals surface area contributed by atoms with Crippen molar-refractivity contribution >= 4 is 17.3 Å². The zero-order valence-corrected chi connectivity index (χ0v) is 7.57. The highest BCUT2D eigenvalue weighted by Gasteiger charge is 2.01. The molecule has 2 N–H and O–H groups in total. The van der Waals surface area contributed by atoms with Crippen molar-refractivity contribution in [2.45, 2.75) is 0 Å². The lowest BCUT2D eigenvalue weighted by Gasteiger charge is -2.02. The molecule has 0 aliphatic carbocycles. The number of hydrogen-bond acceptors (Lipinski definition) is 2. The summed E-state index contributed by atoms with van der Waals surface area (Å²) in [5, 5.41) is 4.71. The third kappa shape index (κ3) is 1.51. The Bertz CT molecular complexity index is 422. The Morgan fingerprint density at radius 1 is 1.31 bits per heavy atom. The van der Waals surface area contributed by atoms with Crippen LogP contribution in [0, 0.1) is 0 Å². The first-order chi connectivity index (χ1) is 6.27. The molecule has 0 amide bonds. The lowest BCUT2D eigenvalue weighted by molar-refractivity contribution is 0.881. The summed E-state index contributed by atoms with van der Waals surface area (Å²) in [4.78, 5) is 0. The first-order valence-electron chi connectivity index (χ1n) is 3.82. The maximum atomic E-state index is 5.97. The molecule has 13 heavy (non-hydrogen) atoms. The lowest BCUT2D eigenvalue weighted by Crippen LogP contribution is -1.94. The molecule has 0 bridgehead atoms. The van der Waals surface area contributed by atoms with Gasteiger partial charge in [-0.1, -0.05) is 23.7 Å². The number of aromatic nitrogens is 2. The Balaban J connectivity index is 2.52. The standard InChI is InChI=1S/C9H8ClN3/c10-8-3-1-2-4-9(8)13-6-7(11)5-12-13/h1-6H,11H2. The fourth-order valence-electron chi connectivity index (χ4n) is 1.11. The van der Waals surface area contributed by atoms with Crippen molar-refractivity contribution in [3.05, 3.63) is 41.7 Å². The van der Waals surface area contributed by atoms with Crippen molar-refractivity contribution in [2.75, 3.05) is 5.73 Å². The second-order valence-corrected chi connectivity index (χ2v) is 3.08. The molecular formula is C9H8ClN3. The number of anilines is 1. The van der Waals surface area contributed by atoms with E-state index in [9.17, 15) is 0 Å². The quantitative estimate of drug-likeness (QED) is 0.754. The van der Waals surface area contributed by atoms with E-state index < -0.39 is 0 Å². The Hall–Kier alpha value is -1.48. The van der Waals surface area contributed by atoms with Gasteiger partial charge in [0.05, 0.1) is 28.8 Å². The predicted octanol–water partition coefficient (Wildman–Crippen LogP) is 2.11. The van der Waals surface area contributed by atoms with E-state index in [0.717, 1.165) is 5.69 Å². The van der Waals surface area contributed by atoms with E-state index in [2.05, 4.69) is 5.10 Å². The molecule has 66 valence electrons. The SMILES string of the molecule is Nc1cnn(-c2ccccc2Cl)c1. The average molecular weight is 194 g/mol. The number of nitrogen functional groups attached to an aromatic ring is 1. The number of hydrogen-bond donors (Lipinski definition) is 1. The van der Waals surface area contributed by atoms with Crippen LogP contribution in [0.2, 0.25) is 5.02 Å². The molecule has 0 unspecified atom stereocenters. The maximum Gasteiger partial charge on any atom is 0.0832 e. The van der Waals surface area contributed by atoms with E-state index in [4.69, 9.17) is 17.3 Å². The number of para-hydroxylation sites is 1. The van der Waals surface area contributed by atoms with Gasteiger partial charge in [-0.25, -0.2) is 4.68 Å². The van der Waals surface area contributed by atoms with Gasteiger partial charge in [0.2, 0.25) is 0 Å². The van der Waals surface area contributed by atoms with Gasteiger partial charge in [-0.2, -0.15) is 5.10 Å². The number of rotatable bonds is 1. The second-order valence-electron chi connectivity index (χ2n) is 2.67. The zero-order chi connectivity index (χ0) is 9.26. The third-order valence-electron chi connectivity index (χ3n) is 1.70. The van der Waals surface area contributed by atoms with Crippen molar-refractivity contribution in [2.24, 2.45) is 0 Å². The Labute approximate surface area is 80.7 Å². The van der Waals surface area contributed by atoms with Crippen LogP contribution >= 0.6 is 11.6 Å². The summed E-state index contributed by atoms with van der Waals surface area (Å²) in [6, 6.07) is 7.47. The summed E-state index contributed by atoms with van der Waals surface area (Å²) >= 11 is 5.97. The predicted molar refractivity (Wildman–Crippen MR) is 53.0 cm³/mol. The first kappa shape index (κ1) is 8.13. The zero-order valence-electron chi connectivity index (χ0n) is 6.81. The average Bonchev–Trinajstić information content (AvgIpc) is 2.53. The van der Waals surface area contributed by atoms with E-state index in [-0.39, 0.29) is 0 Å². The topological polar surface area (TPSA) is 43.8 Å². The molecule has 1 aromatic carbocycles. The van der Waals surface area contributed by atoms with Crippen molar-refractivity contribution in [3.8, 4) is 5.69 Å². The van der Waals surface area contributed by atoms with Crippen LogP contribution in [0.25, 0.3) is 5.69 Å². The highest BCUT2D eigenvalue weighted by molar-refractivity contribution is 6.32. The molecule has 2 aromatic rings. The summed E-state index contributed by atoms with van der Waals surface area (Å²) in [5.41, 5.74) is 7.00. The van der Waals surface area contributed by atoms with Gasteiger partial charge in [-0.05, 0) is 12.1 Å². The molecule has 3 nitrogen and oxygen atoms in total. The summed E-state index contributed by atoms with van der Waals surface area (Å²) < 4.78 is 1.65. The minimum atomic E-state index is 0.625. The number of halogens is 1. The highest BCUT2D eigenvalue weighted by atomic mass is 35.5. The van der Waals surface area contributed by atoms with Gasteiger partial charge in [0, 0.05) is 0 Å². The monoisotopic (exact) mass is 193 g/mol. The van der Waals surface area contributed by atoms with Crippen molar-refractivity contribution in [1.29, 1.82) is 0 Å². The molecule has 0 saturated carbocycles. The van der Waals surface area contributed by atoms with Crippen LogP contribution in [0.5, 0.6) is 0 Å².